The van der Waals surface area contributed by atoms with Gasteiger partial charge >= 0.3 is 5.97 Å². The summed E-state index contributed by atoms with van der Waals surface area (Å²) in [5.41, 5.74) is 4.54. The Labute approximate surface area is 276 Å². The highest BCUT2D eigenvalue weighted by Crippen LogP contribution is 2.31. The van der Waals surface area contributed by atoms with Crippen LogP contribution in [0.15, 0.2) is 133 Å². The first-order valence-corrected chi connectivity index (χ1v) is 15.4. The van der Waals surface area contributed by atoms with Crippen LogP contribution < -0.4 is 9.64 Å². The standard InChI is InChI=1S/C40H28N2O6/c1-25(37(43)28-17-21-30(22-18-28)47-24-26-9-3-2-4-10-26)48-40(46)34-23-36(41-35-14-8-7-11-31(34)35)27-15-19-29(20-16-27)42-38(44)32-12-5-6-13-33(32)39(42)45/h2-23,25H,24H2,1H3. The highest BCUT2D eigenvalue weighted by Gasteiger charge is 2.36. The van der Waals surface area contributed by atoms with E-state index in [1.54, 1.807) is 104 Å². The van der Waals surface area contributed by atoms with E-state index in [1.807, 2.05) is 36.4 Å². The zero-order valence-corrected chi connectivity index (χ0v) is 25.8. The Hall–Kier alpha value is -6.41. The number of Topliss-reactive ketones (excluding diaryl/α,β-unsaturated/α-hetero) is 1. The molecular weight excluding hydrogens is 604 g/mol. The molecule has 6 aromatic rings. The number of aromatic nitrogens is 1. The van der Waals surface area contributed by atoms with Gasteiger partial charge in [-0.1, -0.05) is 72.8 Å². The largest absolute Gasteiger partial charge is 0.489 e. The second-order valence-electron chi connectivity index (χ2n) is 11.3. The van der Waals surface area contributed by atoms with Crippen molar-refractivity contribution in [3.63, 3.8) is 0 Å². The first kappa shape index (κ1) is 30.3. The molecule has 7 rings (SSSR count). The van der Waals surface area contributed by atoms with Gasteiger partial charge in [-0.25, -0.2) is 14.7 Å². The van der Waals surface area contributed by atoms with E-state index in [9.17, 15) is 19.2 Å². The van der Waals surface area contributed by atoms with Crippen molar-refractivity contribution in [3.05, 3.63) is 161 Å². The van der Waals surface area contributed by atoms with Gasteiger partial charge in [-0.3, -0.25) is 14.4 Å². The number of ether oxygens (including phenoxy) is 2. The van der Waals surface area contributed by atoms with E-state index in [4.69, 9.17) is 14.5 Å². The third-order valence-corrected chi connectivity index (χ3v) is 8.19. The maximum Gasteiger partial charge on any atom is 0.339 e. The van der Waals surface area contributed by atoms with Crippen LogP contribution in [0, 0.1) is 0 Å². The second-order valence-corrected chi connectivity index (χ2v) is 11.3. The quantitative estimate of drug-likeness (QED) is 0.0914. The third kappa shape index (κ3) is 5.83. The molecule has 0 radical (unpaired) electrons. The number of carbonyl (C=O) groups is 4. The molecule has 1 aliphatic heterocycles. The number of amides is 2. The topological polar surface area (TPSA) is 103 Å². The average Bonchev–Trinajstić information content (AvgIpc) is 3.39. The first-order chi connectivity index (χ1) is 23.4. The van der Waals surface area contributed by atoms with Crippen molar-refractivity contribution in [1.29, 1.82) is 0 Å². The third-order valence-electron chi connectivity index (χ3n) is 8.19. The van der Waals surface area contributed by atoms with Gasteiger partial charge in [0.1, 0.15) is 12.4 Å². The average molecular weight is 633 g/mol. The Morgan fingerprint density at radius 2 is 1.35 bits per heavy atom. The molecule has 1 atom stereocenters. The second kappa shape index (κ2) is 12.8. The number of imide groups is 1. The van der Waals surface area contributed by atoms with Crippen molar-refractivity contribution in [2.24, 2.45) is 0 Å². The summed E-state index contributed by atoms with van der Waals surface area (Å²) in [4.78, 5) is 58.6. The number of para-hydroxylation sites is 1. The van der Waals surface area contributed by atoms with E-state index in [2.05, 4.69) is 0 Å². The Balaban J connectivity index is 1.08. The van der Waals surface area contributed by atoms with Gasteiger partial charge < -0.3 is 9.47 Å². The molecule has 2 amide bonds. The molecule has 1 aromatic heterocycles. The number of ketones is 1. The van der Waals surface area contributed by atoms with Gasteiger partial charge in [0.25, 0.3) is 11.8 Å². The predicted octanol–water partition coefficient (Wildman–Crippen LogP) is 7.71. The van der Waals surface area contributed by atoms with Gasteiger partial charge in [-0.05, 0) is 73.2 Å². The number of hydrogen-bond acceptors (Lipinski definition) is 7. The summed E-state index contributed by atoms with van der Waals surface area (Å²) in [6.07, 6.45) is -1.05. The van der Waals surface area contributed by atoms with Crippen molar-refractivity contribution in [3.8, 4) is 17.0 Å². The SMILES string of the molecule is CC(OC(=O)c1cc(-c2ccc(N3C(=O)c4ccccc4C3=O)cc2)nc2ccccc12)C(=O)c1ccc(OCc2ccccc2)cc1. The van der Waals surface area contributed by atoms with Crippen LogP contribution in [-0.2, 0) is 11.3 Å². The van der Waals surface area contributed by atoms with Crippen molar-refractivity contribution >= 4 is 40.2 Å². The predicted molar refractivity (Wildman–Crippen MR) is 181 cm³/mol. The van der Waals surface area contributed by atoms with Crippen LogP contribution in [0.4, 0.5) is 5.69 Å². The molecule has 2 heterocycles. The van der Waals surface area contributed by atoms with E-state index in [1.165, 1.54) is 0 Å². The maximum atomic E-state index is 13.6. The summed E-state index contributed by atoms with van der Waals surface area (Å²) in [6.45, 7) is 1.95. The molecule has 0 bridgehead atoms. The number of carbonyl (C=O) groups excluding carboxylic acids is 4. The number of nitrogens with zero attached hydrogens (tertiary/aromatic N) is 2. The lowest BCUT2D eigenvalue weighted by Crippen LogP contribution is -2.29. The fourth-order valence-corrected chi connectivity index (χ4v) is 5.67. The fraction of sp³-hybridized carbons (Fsp3) is 0.0750. The molecule has 1 unspecified atom stereocenters. The Bertz CT molecular complexity index is 2160. The number of anilines is 1. The van der Waals surface area contributed by atoms with E-state index in [0.717, 1.165) is 10.5 Å². The van der Waals surface area contributed by atoms with Crippen LogP contribution in [-0.4, -0.2) is 34.7 Å². The molecule has 8 heteroatoms. The van der Waals surface area contributed by atoms with Gasteiger partial charge in [-0.15, -0.1) is 0 Å². The highest BCUT2D eigenvalue weighted by atomic mass is 16.5. The fourth-order valence-electron chi connectivity index (χ4n) is 5.67. The summed E-state index contributed by atoms with van der Waals surface area (Å²) < 4.78 is 11.5. The highest BCUT2D eigenvalue weighted by molar-refractivity contribution is 6.34. The van der Waals surface area contributed by atoms with E-state index < -0.39 is 12.1 Å². The summed E-state index contributed by atoms with van der Waals surface area (Å²) in [7, 11) is 0. The Morgan fingerprint density at radius 1 is 0.729 bits per heavy atom. The molecule has 0 saturated heterocycles. The molecule has 234 valence electrons. The normalized spacial score (nSPS) is 12.9. The van der Waals surface area contributed by atoms with Gasteiger partial charge in [0, 0.05) is 16.5 Å². The molecule has 0 N–H and O–H groups in total. The number of hydrogen-bond donors (Lipinski definition) is 0. The molecule has 0 saturated carbocycles. The molecule has 0 spiro atoms. The molecule has 1 aliphatic rings. The summed E-state index contributed by atoms with van der Waals surface area (Å²) in [6, 6.07) is 38.9. The lowest BCUT2D eigenvalue weighted by Gasteiger charge is -2.16. The van der Waals surface area contributed by atoms with Crippen LogP contribution in [0.1, 0.15) is 53.9 Å². The minimum absolute atomic E-state index is 0.254. The van der Waals surface area contributed by atoms with E-state index in [0.29, 0.717) is 56.9 Å². The number of esters is 1. The summed E-state index contributed by atoms with van der Waals surface area (Å²) in [5.74, 6) is -1.16. The minimum atomic E-state index is -1.05. The van der Waals surface area contributed by atoms with Crippen LogP contribution in [0.25, 0.3) is 22.2 Å². The molecule has 0 fully saturated rings. The van der Waals surface area contributed by atoms with Gasteiger partial charge in [0.05, 0.1) is 33.6 Å². The Morgan fingerprint density at radius 3 is 2.04 bits per heavy atom. The van der Waals surface area contributed by atoms with Crippen molar-refractivity contribution < 1.29 is 28.7 Å². The first-order valence-electron chi connectivity index (χ1n) is 15.4. The van der Waals surface area contributed by atoms with Crippen LogP contribution in [0.2, 0.25) is 0 Å². The Kier molecular flexibility index (Phi) is 8.05. The van der Waals surface area contributed by atoms with Crippen LogP contribution >= 0.6 is 0 Å². The smallest absolute Gasteiger partial charge is 0.339 e. The molecule has 48 heavy (non-hydrogen) atoms. The van der Waals surface area contributed by atoms with Crippen LogP contribution in [0.5, 0.6) is 5.75 Å². The van der Waals surface area contributed by atoms with Crippen LogP contribution in [0.3, 0.4) is 0 Å². The monoisotopic (exact) mass is 632 g/mol. The molecular formula is C40H28N2O6. The van der Waals surface area contributed by atoms with Crippen molar-refractivity contribution in [2.75, 3.05) is 4.90 Å². The van der Waals surface area contributed by atoms with Gasteiger partial charge in [0.2, 0.25) is 5.78 Å². The minimum Gasteiger partial charge on any atom is -0.489 e. The van der Waals surface area contributed by atoms with E-state index >= 15 is 0 Å². The molecule has 5 aromatic carbocycles. The van der Waals surface area contributed by atoms with Gasteiger partial charge in [-0.2, -0.15) is 0 Å². The maximum absolute atomic E-state index is 13.6. The number of fused-ring (bicyclic) bond motifs is 2. The lowest BCUT2D eigenvalue weighted by atomic mass is 10.0. The molecule has 0 aliphatic carbocycles. The number of pyridine rings is 1. The number of rotatable bonds is 9. The summed E-state index contributed by atoms with van der Waals surface area (Å²) in [5, 5.41) is 0.577. The summed E-state index contributed by atoms with van der Waals surface area (Å²) >= 11 is 0. The lowest BCUT2D eigenvalue weighted by molar-refractivity contribution is 0.0320. The number of benzene rings is 5. The zero-order chi connectivity index (χ0) is 33.2. The molecule has 8 nitrogen and oxygen atoms in total. The van der Waals surface area contributed by atoms with Gasteiger partial charge in [0.15, 0.2) is 6.10 Å². The van der Waals surface area contributed by atoms with E-state index in [-0.39, 0.29) is 23.2 Å². The van der Waals surface area contributed by atoms with Crippen molar-refractivity contribution in [2.45, 2.75) is 19.6 Å². The van der Waals surface area contributed by atoms with Crippen molar-refractivity contribution in [1.82, 2.24) is 4.98 Å². The zero-order valence-electron chi connectivity index (χ0n) is 25.8.